The summed E-state index contributed by atoms with van der Waals surface area (Å²) in [6.45, 7) is 5.93. The first-order valence-corrected chi connectivity index (χ1v) is 7.49. The van der Waals surface area contributed by atoms with Crippen molar-refractivity contribution in [1.82, 2.24) is 9.97 Å². The molecule has 0 radical (unpaired) electrons. The van der Waals surface area contributed by atoms with Crippen LogP contribution in [-0.2, 0) is 12.8 Å². The lowest BCUT2D eigenvalue weighted by Gasteiger charge is -1.94. The summed E-state index contributed by atoms with van der Waals surface area (Å²) >= 11 is 7.80. The van der Waals surface area contributed by atoms with E-state index in [2.05, 4.69) is 9.97 Å². The molecule has 0 unspecified atom stereocenters. The molecule has 2 aromatic rings. The Morgan fingerprint density at radius 2 is 2.00 bits per heavy atom. The van der Waals surface area contributed by atoms with Crippen LogP contribution in [0, 0.1) is 0 Å². The van der Waals surface area contributed by atoms with E-state index >= 15 is 0 Å². The molecular formula is C13H19ClN2OS. The Morgan fingerprint density at radius 1 is 1.33 bits per heavy atom. The van der Waals surface area contributed by atoms with Gasteiger partial charge >= 0.3 is 0 Å². The molecule has 18 heavy (non-hydrogen) atoms. The van der Waals surface area contributed by atoms with Crippen LogP contribution in [0.25, 0.3) is 10.2 Å². The lowest BCUT2D eigenvalue weighted by atomic mass is 10.2. The van der Waals surface area contributed by atoms with Gasteiger partial charge in [0, 0.05) is 11.5 Å². The van der Waals surface area contributed by atoms with Gasteiger partial charge in [0.1, 0.15) is 16.3 Å². The SMILES string of the molecule is CC.CCO.Clc1ncnc2sc3c(c12)CCC3. The van der Waals surface area contributed by atoms with Crippen molar-refractivity contribution in [3.63, 3.8) is 0 Å². The Labute approximate surface area is 117 Å². The van der Waals surface area contributed by atoms with Gasteiger partial charge in [-0.2, -0.15) is 0 Å². The van der Waals surface area contributed by atoms with Crippen LogP contribution in [0.1, 0.15) is 37.6 Å². The average Bonchev–Trinajstić information content (AvgIpc) is 2.92. The third-order valence-corrected chi connectivity index (χ3v) is 3.94. The summed E-state index contributed by atoms with van der Waals surface area (Å²) in [4.78, 5) is 10.7. The Morgan fingerprint density at radius 3 is 2.67 bits per heavy atom. The molecular weight excluding hydrogens is 268 g/mol. The predicted octanol–water partition coefficient (Wildman–Crippen LogP) is 3.86. The van der Waals surface area contributed by atoms with Crippen LogP contribution in [0.3, 0.4) is 0 Å². The number of nitrogens with zero attached hydrogens (tertiary/aromatic N) is 2. The van der Waals surface area contributed by atoms with Gasteiger partial charge in [-0.25, -0.2) is 9.97 Å². The third-order valence-electron chi connectivity index (χ3n) is 2.46. The summed E-state index contributed by atoms with van der Waals surface area (Å²) in [7, 11) is 0. The first-order valence-electron chi connectivity index (χ1n) is 6.29. The Hall–Kier alpha value is -0.710. The fourth-order valence-electron chi connectivity index (χ4n) is 1.89. The number of hydrogen-bond donors (Lipinski definition) is 1. The number of halogens is 1. The van der Waals surface area contributed by atoms with Crippen molar-refractivity contribution in [3.05, 3.63) is 21.9 Å². The molecule has 3 nitrogen and oxygen atoms in total. The van der Waals surface area contributed by atoms with Gasteiger partial charge in [-0.15, -0.1) is 11.3 Å². The highest BCUT2D eigenvalue weighted by atomic mass is 35.5. The van der Waals surface area contributed by atoms with Gasteiger partial charge in [0.15, 0.2) is 0 Å². The zero-order chi connectivity index (χ0) is 13.5. The second-order valence-corrected chi connectivity index (χ2v) is 4.96. The van der Waals surface area contributed by atoms with Crippen LogP contribution in [0.2, 0.25) is 5.15 Å². The van der Waals surface area contributed by atoms with E-state index in [0.29, 0.717) is 5.15 Å². The van der Waals surface area contributed by atoms with Gasteiger partial charge in [-0.3, -0.25) is 0 Å². The average molecular weight is 287 g/mol. The van der Waals surface area contributed by atoms with E-state index in [0.717, 1.165) is 16.6 Å². The molecule has 0 saturated heterocycles. The van der Waals surface area contributed by atoms with Gasteiger partial charge in [0.05, 0.1) is 5.39 Å². The summed E-state index contributed by atoms with van der Waals surface area (Å²) in [6, 6.07) is 0. The van der Waals surface area contributed by atoms with Crippen molar-refractivity contribution in [1.29, 1.82) is 0 Å². The van der Waals surface area contributed by atoms with E-state index in [9.17, 15) is 0 Å². The Balaban J connectivity index is 0.000000288. The fourth-order valence-corrected chi connectivity index (χ4v) is 3.42. The molecule has 2 heterocycles. The summed E-state index contributed by atoms with van der Waals surface area (Å²) in [6.07, 6.45) is 5.12. The van der Waals surface area contributed by atoms with E-state index in [1.165, 1.54) is 29.6 Å². The lowest BCUT2D eigenvalue weighted by molar-refractivity contribution is 0.318. The fraction of sp³-hybridized carbons (Fsp3) is 0.538. The molecule has 5 heteroatoms. The molecule has 3 rings (SSSR count). The largest absolute Gasteiger partial charge is 0.397 e. The van der Waals surface area contributed by atoms with Gasteiger partial charge in [-0.1, -0.05) is 25.4 Å². The summed E-state index contributed by atoms with van der Waals surface area (Å²) in [5.74, 6) is 0. The van der Waals surface area contributed by atoms with Crippen LogP contribution in [0.5, 0.6) is 0 Å². The molecule has 0 atom stereocenters. The Bertz CT molecular complexity index is 499. The van der Waals surface area contributed by atoms with Crippen molar-refractivity contribution >= 4 is 33.2 Å². The molecule has 0 bridgehead atoms. The van der Waals surface area contributed by atoms with Crippen LogP contribution in [-0.4, -0.2) is 21.7 Å². The maximum absolute atomic E-state index is 7.57. The highest BCUT2D eigenvalue weighted by molar-refractivity contribution is 7.19. The van der Waals surface area contributed by atoms with Crippen molar-refractivity contribution < 1.29 is 5.11 Å². The van der Waals surface area contributed by atoms with Gasteiger partial charge in [0.2, 0.25) is 0 Å². The topological polar surface area (TPSA) is 46.0 Å². The number of aromatic nitrogens is 2. The number of thiophene rings is 1. The predicted molar refractivity (Wildman–Crippen MR) is 78.6 cm³/mol. The van der Waals surface area contributed by atoms with Gasteiger partial charge in [0.25, 0.3) is 0 Å². The van der Waals surface area contributed by atoms with Crippen molar-refractivity contribution in [2.45, 2.75) is 40.0 Å². The lowest BCUT2D eigenvalue weighted by Crippen LogP contribution is -1.82. The van der Waals surface area contributed by atoms with Crippen LogP contribution in [0.4, 0.5) is 0 Å². The molecule has 100 valence electrons. The van der Waals surface area contributed by atoms with E-state index in [-0.39, 0.29) is 6.61 Å². The zero-order valence-electron chi connectivity index (χ0n) is 11.0. The van der Waals surface area contributed by atoms with Crippen LogP contribution >= 0.6 is 22.9 Å². The number of aryl methyl sites for hydroxylation is 2. The maximum atomic E-state index is 7.57. The number of rotatable bonds is 0. The molecule has 0 aliphatic heterocycles. The van der Waals surface area contributed by atoms with Gasteiger partial charge in [-0.05, 0) is 31.7 Å². The highest BCUT2D eigenvalue weighted by Crippen LogP contribution is 2.38. The second kappa shape index (κ2) is 7.67. The molecule has 0 aromatic carbocycles. The molecule has 0 amide bonds. The van der Waals surface area contributed by atoms with E-state index < -0.39 is 0 Å². The number of hydrogen-bond acceptors (Lipinski definition) is 4. The Kier molecular flexibility index (Phi) is 6.54. The normalized spacial score (nSPS) is 12.3. The van der Waals surface area contributed by atoms with E-state index in [1.54, 1.807) is 18.3 Å². The molecule has 1 aliphatic carbocycles. The standard InChI is InChI=1S/C9H7ClN2S.C2H6O.C2H6/c10-8-7-5-2-1-3-6(5)13-9(7)12-4-11-8;1-2-3;1-2/h4H,1-3H2;3H,2H2,1H3;1-2H3. The number of aliphatic hydroxyl groups is 1. The van der Waals surface area contributed by atoms with Crippen molar-refractivity contribution in [2.75, 3.05) is 6.61 Å². The zero-order valence-corrected chi connectivity index (χ0v) is 12.6. The van der Waals surface area contributed by atoms with Crippen molar-refractivity contribution in [2.24, 2.45) is 0 Å². The minimum atomic E-state index is 0.250. The monoisotopic (exact) mass is 286 g/mol. The van der Waals surface area contributed by atoms with E-state index in [1.807, 2.05) is 13.8 Å². The minimum absolute atomic E-state index is 0.250. The maximum Gasteiger partial charge on any atom is 0.141 e. The summed E-state index contributed by atoms with van der Waals surface area (Å²) in [5.41, 5.74) is 1.39. The minimum Gasteiger partial charge on any atom is -0.397 e. The van der Waals surface area contributed by atoms with Gasteiger partial charge < -0.3 is 5.11 Å². The highest BCUT2D eigenvalue weighted by Gasteiger charge is 2.20. The smallest absolute Gasteiger partial charge is 0.141 e. The van der Waals surface area contributed by atoms with Crippen molar-refractivity contribution in [3.8, 4) is 0 Å². The quantitative estimate of drug-likeness (QED) is 0.748. The summed E-state index contributed by atoms with van der Waals surface area (Å²) < 4.78 is 0. The number of aliphatic hydroxyl groups excluding tert-OH is 1. The second-order valence-electron chi connectivity index (χ2n) is 3.52. The summed E-state index contributed by atoms with van der Waals surface area (Å²) in [5, 5.41) is 9.28. The number of fused-ring (bicyclic) bond motifs is 3. The van der Waals surface area contributed by atoms with E-state index in [4.69, 9.17) is 16.7 Å². The molecule has 1 N–H and O–H groups in total. The molecule has 2 aromatic heterocycles. The first-order chi connectivity index (χ1) is 8.77. The molecule has 0 spiro atoms. The molecule has 1 aliphatic rings. The molecule has 0 saturated carbocycles. The molecule has 0 fully saturated rings. The van der Waals surface area contributed by atoms with Crippen LogP contribution < -0.4 is 0 Å². The third kappa shape index (κ3) is 3.19. The van der Waals surface area contributed by atoms with Crippen LogP contribution in [0.15, 0.2) is 6.33 Å². The first kappa shape index (κ1) is 15.3.